The molecule has 0 aliphatic carbocycles. The first-order valence-corrected chi connectivity index (χ1v) is 10.3. The Morgan fingerprint density at radius 1 is 1.10 bits per heavy atom. The Hall–Kier alpha value is -2.82. The van der Waals surface area contributed by atoms with E-state index in [4.69, 9.17) is 4.74 Å². The molecule has 1 aliphatic rings. The van der Waals surface area contributed by atoms with E-state index in [0.29, 0.717) is 13.2 Å². The predicted molar refractivity (Wildman–Crippen MR) is 115 cm³/mol. The van der Waals surface area contributed by atoms with E-state index in [0.717, 1.165) is 53.0 Å². The minimum Gasteiger partial charge on any atom is -0.493 e. The van der Waals surface area contributed by atoms with Crippen molar-refractivity contribution >= 4 is 17.5 Å². The number of ether oxygens (including phenoxy) is 1. The molecule has 2 aromatic carbocycles. The van der Waals surface area contributed by atoms with Crippen LogP contribution in [0.2, 0.25) is 0 Å². The minimum absolute atomic E-state index is 0.103. The third kappa shape index (κ3) is 4.44. The van der Waals surface area contributed by atoms with Crippen molar-refractivity contribution in [1.82, 2.24) is 5.32 Å². The highest BCUT2D eigenvalue weighted by molar-refractivity contribution is 6.07. The van der Waals surface area contributed by atoms with Gasteiger partial charge >= 0.3 is 0 Å². The molecule has 0 radical (unpaired) electrons. The van der Waals surface area contributed by atoms with Gasteiger partial charge in [-0.25, -0.2) is 0 Å². The monoisotopic (exact) mass is 394 g/mol. The molecule has 0 bridgehead atoms. The Morgan fingerprint density at radius 3 is 2.55 bits per heavy atom. The lowest BCUT2D eigenvalue weighted by Crippen LogP contribution is -2.36. The van der Waals surface area contributed by atoms with Crippen LogP contribution in [-0.2, 0) is 16.1 Å². The van der Waals surface area contributed by atoms with E-state index >= 15 is 0 Å². The molecular formula is C24H30N2O3. The number of aryl methyl sites for hydroxylation is 2. The number of carbonyl (C=O) groups is 2. The summed E-state index contributed by atoms with van der Waals surface area (Å²) in [5.74, 6) is 0.497. The van der Waals surface area contributed by atoms with E-state index in [9.17, 15) is 9.59 Å². The van der Waals surface area contributed by atoms with Crippen molar-refractivity contribution in [2.24, 2.45) is 0 Å². The summed E-state index contributed by atoms with van der Waals surface area (Å²) in [5, 5.41) is 2.83. The van der Waals surface area contributed by atoms with Crippen LogP contribution in [0.1, 0.15) is 61.4 Å². The third-order valence-electron chi connectivity index (χ3n) is 5.36. The van der Waals surface area contributed by atoms with E-state index in [1.54, 1.807) is 4.90 Å². The van der Waals surface area contributed by atoms with Crippen LogP contribution in [0.3, 0.4) is 0 Å². The van der Waals surface area contributed by atoms with Crippen LogP contribution >= 0.6 is 0 Å². The highest BCUT2D eigenvalue weighted by atomic mass is 16.5. The highest BCUT2D eigenvalue weighted by Crippen LogP contribution is 2.42. The summed E-state index contributed by atoms with van der Waals surface area (Å²) in [5.41, 5.74) is 4.78. The Kier molecular flexibility index (Phi) is 6.57. The number of hydrogen-bond acceptors (Lipinski definition) is 3. The van der Waals surface area contributed by atoms with Gasteiger partial charge < -0.3 is 15.0 Å². The Morgan fingerprint density at radius 2 is 1.83 bits per heavy atom. The van der Waals surface area contributed by atoms with Gasteiger partial charge in [0.25, 0.3) is 5.91 Å². The van der Waals surface area contributed by atoms with Crippen molar-refractivity contribution in [2.75, 3.05) is 11.5 Å². The van der Waals surface area contributed by atoms with E-state index in [2.05, 4.69) is 12.2 Å². The summed E-state index contributed by atoms with van der Waals surface area (Å²) in [4.78, 5) is 26.8. The highest BCUT2D eigenvalue weighted by Gasteiger charge is 2.40. The molecule has 29 heavy (non-hydrogen) atoms. The van der Waals surface area contributed by atoms with Gasteiger partial charge in [-0.05, 0) is 37.5 Å². The molecule has 3 rings (SSSR count). The first-order valence-electron chi connectivity index (χ1n) is 10.3. The number of anilines is 1. The molecule has 1 N–H and O–H groups in total. The Balaban J connectivity index is 1.92. The number of benzene rings is 2. The van der Waals surface area contributed by atoms with Crippen LogP contribution < -0.4 is 15.0 Å². The summed E-state index contributed by atoms with van der Waals surface area (Å²) in [6.45, 7) is 8.68. The molecule has 154 valence electrons. The lowest BCUT2D eigenvalue weighted by Gasteiger charge is -2.21. The summed E-state index contributed by atoms with van der Waals surface area (Å²) in [6.07, 6.45) is 3.30. The minimum atomic E-state index is -0.639. The summed E-state index contributed by atoms with van der Waals surface area (Å²) in [7, 11) is 0. The maximum absolute atomic E-state index is 13.3. The largest absolute Gasteiger partial charge is 0.493 e. The molecule has 0 fully saturated rings. The molecule has 1 aliphatic heterocycles. The molecule has 0 aromatic heterocycles. The van der Waals surface area contributed by atoms with Crippen LogP contribution in [0.4, 0.5) is 5.69 Å². The summed E-state index contributed by atoms with van der Waals surface area (Å²) >= 11 is 0. The van der Waals surface area contributed by atoms with Gasteiger partial charge in [-0.3, -0.25) is 9.59 Å². The van der Waals surface area contributed by atoms with Gasteiger partial charge in [0.15, 0.2) is 0 Å². The second-order valence-corrected chi connectivity index (χ2v) is 7.68. The van der Waals surface area contributed by atoms with Gasteiger partial charge in [0, 0.05) is 18.1 Å². The number of hydrogen-bond donors (Lipinski definition) is 1. The first-order chi connectivity index (χ1) is 13.9. The maximum Gasteiger partial charge on any atom is 0.254 e. The smallest absolute Gasteiger partial charge is 0.254 e. The maximum atomic E-state index is 13.3. The number of para-hydroxylation sites is 1. The molecule has 0 unspecified atom stereocenters. The Bertz CT molecular complexity index is 907. The molecule has 1 heterocycles. The number of carbonyl (C=O) groups excluding carboxylic acids is 2. The number of nitrogens with zero attached hydrogens (tertiary/aromatic N) is 1. The number of unbranched alkanes of at least 4 members (excludes halogenated alkanes) is 2. The number of rotatable bonds is 8. The molecule has 0 saturated carbocycles. The van der Waals surface area contributed by atoms with Gasteiger partial charge in [0.1, 0.15) is 11.8 Å². The van der Waals surface area contributed by atoms with Crippen LogP contribution in [0.5, 0.6) is 5.75 Å². The summed E-state index contributed by atoms with van der Waals surface area (Å²) < 4.78 is 6.01. The zero-order valence-corrected chi connectivity index (χ0v) is 17.7. The average molecular weight is 395 g/mol. The lowest BCUT2D eigenvalue weighted by atomic mass is 9.99. The lowest BCUT2D eigenvalue weighted by molar-refractivity contribution is -0.126. The second kappa shape index (κ2) is 9.12. The van der Waals surface area contributed by atoms with Crippen molar-refractivity contribution in [3.8, 4) is 5.75 Å². The molecule has 0 spiro atoms. The van der Waals surface area contributed by atoms with E-state index in [-0.39, 0.29) is 11.8 Å². The molecular weight excluding hydrogens is 364 g/mol. The number of nitrogens with one attached hydrogen (secondary N) is 1. The third-order valence-corrected chi connectivity index (χ3v) is 5.36. The number of fused-ring (bicyclic) bond motifs is 1. The van der Waals surface area contributed by atoms with Crippen LogP contribution in [0.15, 0.2) is 36.4 Å². The van der Waals surface area contributed by atoms with E-state index in [1.165, 1.54) is 6.92 Å². The van der Waals surface area contributed by atoms with E-state index in [1.807, 2.05) is 50.2 Å². The Labute approximate surface area is 173 Å². The van der Waals surface area contributed by atoms with Gasteiger partial charge in [-0.2, -0.15) is 0 Å². The van der Waals surface area contributed by atoms with Crippen LogP contribution in [0, 0.1) is 13.8 Å². The predicted octanol–water partition coefficient (Wildman–Crippen LogP) is 4.60. The first kappa shape index (κ1) is 20.9. The van der Waals surface area contributed by atoms with Crippen LogP contribution in [-0.4, -0.2) is 18.4 Å². The molecule has 5 heteroatoms. The van der Waals surface area contributed by atoms with Gasteiger partial charge in [0.2, 0.25) is 5.91 Å². The van der Waals surface area contributed by atoms with Crippen molar-refractivity contribution in [3.05, 3.63) is 58.7 Å². The zero-order valence-electron chi connectivity index (χ0n) is 17.7. The average Bonchev–Trinajstić information content (AvgIpc) is 2.96. The normalized spacial score (nSPS) is 15.4. The van der Waals surface area contributed by atoms with Gasteiger partial charge in [-0.15, -0.1) is 0 Å². The van der Waals surface area contributed by atoms with Crippen molar-refractivity contribution in [2.45, 2.75) is 59.5 Å². The van der Waals surface area contributed by atoms with E-state index < -0.39 is 6.04 Å². The van der Waals surface area contributed by atoms with Crippen molar-refractivity contribution < 1.29 is 14.3 Å². The van der Waals surface area contributed by atoms with Gasteiger partial charge in [0.05, 0.1) is 18.8 Å². The van der Waals surface area contributed by atoms with Crippen molar-refractivity contribution in [1.29, 1.82) is 0 Å². The molecule has 0 saturated heterocycles. The fraction of sp³-hybridized carbons (Fsp3) is 0.417. The summed E-state index contributed by atoms with van der Waals surface area (Å²) in [6, 6.07) is 11.3. The second-order valence-electron chi connectivity index (χ2n) is 7.68. The molecule has 5 nitrogen and oxygen atoms in total. The molecule has 2 aromatic rings. The van der Waals surface area contributed by atoms with Crippen LogP contribution in [0.25, 0.3) is 0 Å². The SMILES string of the molecule is CCCCCOc1ccccc1CN1C(=O)[C@@H](NC(C)=O)c2c(C)ccc(C)c21. The van der Waals surface area contributed by atoms with Gasteiger partial charge in [-0.1, -0.05) is 50.1 Å². The fourth-order valence-corrected chi connectivity index (χ4v) is 3.90. The standard InChI is InChI=1S/C24H30N2O3/c1-5-6-9-14-29-20-11-8-7-10-19(20)15-26-23-17(3)13-12-16(2)21(23)22(24(26)28)25-18(4)27/h7-8,10-13,22H,5-6,9,14-15H2,1-4H3,(H,25,27)/t22-/m0/s1. The number of amides is 2. The zero-order chi connectivity index (χ0) is 21.0. The quantitative estimate of drug-likeness (QED) is 0.666. The fourth-order valence-electron chi connectivity index (χ4n) is 3.90. The molecule has 2 amide bonds. The topological polar surface area (TPSA) is 58.6 Å². The van der Waals surface area contributed by atoms with Crippen molar-refractivity contribution in [3.63, 3.8) is 0 Å². The molecule has 1 atom stereocenters.